The molecule has 2 aliphatic rings. The highest BCUT2D eigenvalue weighted by molar-refractivity contribution is 5.98. The molecule has 35 heavy (non-hydrogen) atoms. The Morgan fingerprint density at radius 2 is 1.80 bits per heavy atom. The van der Waals surface area contributed by atoms with Crippen molar-refractivity contribution >= 4 is 17.5 Å². The fraction of sp³-hybridized carbons (Fsp3) is 0.385. The molecule has 2 aliphatic heterocycles. The van der Waals surface area contributed by atoms with Gasteiger partial charge in [0.05, 0.1) is 13.7 Å². The van der Waals surface area contributed by atoms with Crippen molar-refractivity contribution in [2.45, 2.75) is 26.3 Å². The molecule has 0 aliphatic carbocycles. The Balaban J connectivity index is 1.16. The Hall–Kier alpha value is -3.72. The van der Waals surface area contributed by atoms with E-state index in [4.69, 9.17) is 9.26 Å². The number of benzene rings is 2. The summed E-state index contributed by atoms with van der Waals surface area (Å²) in [5.74, 6) is 2.04. The maximum atomic E-state index is 13.1. The van der Waals surface area contributed by atoms with Crippen molar-refractivity contribution in [1.82, 2.24) is 19.9 Å². The highest BCUT2D eigenvalue weighted by atomic mass is 16.5. The van der Waals surface area contributed by atoms with Gasteiger partial charge in [0.15, 0.2) is 0 Å². The zero-order chi connectivity index (χ0) is 24.4. The molecule has 0 unspecified atom stereocenters. The van der Waals surface area contributed by atoms with Crippen LogP contribution < -0.4 is 9.64 Å². The largest absolute Gasteiger partial charge is 0.497 e. The molecule has 3 aromatic rings. The van der Waals surface area contributed by atoms with Crippen LogP contribution in [0.3, 0.4) is 0 Å². The van der Waals surface area contributed by atoms with Gasteiger partial charge in [0.2, 0.25) is 17.6 Å². The number of carbonyl (C=O) groups excluding carboxylic acids is 2. The molecule has 0 radical (unpaired) electrons. The van der Waals surface area contributed by atoms with Gasteiger partial charge in [-0.15, -0.1) is 0 Å². The predicted molar refractivity (Wildman–Crippen MR) is 130 cm³/mol. The number of rotatable bonds is 6. The summed E-state index contributed by atoms with van der Waals surface area (Å²) in [5, 5.41) is 4.10. The Morgan fingerprint density at radius 1 is 1.03 bits per heavy atom. The summed E-state index contributed by atoms with van der Waals surface area (Å²) < 4.78 is 10.6. The molecule has 2 aromatic carbocycles. The molecule has 0 spiro atoms. The lowest BCUT2D eigenvalue weighted by Crippen LogP contribution is -2.48. The first-order valence-electron chi connectivity index (χ1n) is 12.0. The van der Waals surface area contributed by atoms with E-state index >= 15 is 0 Å². The highest BCUT2D eigenvalue weighted by Crippen LogP contribution is 2.30. The summed E-state index contributed by atoms with van der Waals surface area (Å²) in [5.41, 5.74) is 3.56. The van der Waals surface area contributed by atoms with E-state index in [9.17, 15) is 9.59 Å². The van der Waals surface area contributed by atoms with Gasteiger partial charge in [-0.3, -0.25) is 14.5 Å². The Kier molecular flexibility index (Phi) is 6.50. The van der Waals surface area contributed by atoms with E-state index in [2.05, 4.69) is 15.0 Å². The summed E-state index contributed by atoms with van der Waals surface area (Å²) in [7, 11) is 1.63. The molecule has 0 atom stereocenters. The van der Waals surface area contributed by atoms with Crippen LogP contribution in [0, 0.1) is 0 Å². The second-order valence-electron chi connectivity index (χ2n) is 8.80. The van der Waals surface area contributed by atoms with Gasteiger partial charge in [0.1, 0.15) is 5.75 Å². The molecule has 0 N–H and O–H groups in total. The van der Waals surface area contributed by atoms with Crippen molar-refractivity contribution in [1.29, 1.82) is 0 Å². The average Bonchev–Trinajstić information content (AvgIpc) is 3.55. The number of carbonyl (C=O) groups is 2. The van der Waals surface area contributed by atoms with Crippen LogP contribution in [0.2, 0.25) is 0 Å². The quantitative estimate of drug-likeness (QED) is 0.541. The number of hydrogen-bond acceptors (Lipinski definition) is 7. The number of hydrogen-bond donors (Lipinski definition) is 0. The van der Waals surface area contributed by atoms with Gasteiger partial charge in [0.25, 0.3) is 5.91 Å². The lowest BCUT2D eigenvalue weighted by Gasteiger charge is -2.34. The third-order valence-corrected chi connectivity index (χ3v) is 6.66. The summed E-state index contributed by atoms with van der Waals surface area (Å²) in [6, 6.07) is 13.2. The smallest absolute Gasteiger partial charge is 0.253 e. The molecule has 1 saturated heterocycles. The van der Waals surface area contributed by atoms with Crippen LogP contribution in [0.4, 0.5) is 5.69 Å². The maximum absolute atomic E-state index is 13.1. The van der Waals surface area contributed by atoms with Crippen LogP contribution in [-0.2, 0) is 17.8 Å². The molecule has 9 heteroatoms. The number of fused-ring (bicyclic) bond motifs is 1. The Labute approximate surface area is 204 Å². The molecule has 0 bridgehead atoms. The molecule has 9 nitrogen and oxygen atoms in total. The minimum Gasteiger partial charge on any atom is -0.497 e. The first kappa shape index (κ1) is 23.0. The van der Waals surface area contributed by atoms with Crippen molar-refractivity contribution in [3.8, 4) is 17.1 Å². The second-order valence-corrected chi connectivity index (χ2v) is 8.80. The van der Waals surface area contributed by atoms with Gasteiger partial charge in [-0.1, -0.05) is 12.1 Å². The van der Waals surface area contributed by atoms with Crippen molar-refractivity contribution < 1.29 is 18.8 Å². The number of methoxy groups -OCH3 is 1. The summed E-state index contributed by atoms with van der Waals surface area (Å²) in [4.78, 5) is 35.7. The molecule has 1 aromatic heterocycles. The van der Waals surface area contributed by atoms with Crippen molar-refractivity contribution in [3.05, 3.63) is 59.5 Å². The lowest BCUT2D eigenvalue weighted by molar-refractivity contribution is -0.118. The fourth-order valence-corrected chi connectivity index (χ4v) is 4.64. The molecule has 3 heterocycles. The van der Waals surface area contributed by atoms with Gasteiger partial charge >= 0.3 is 0 Å². The molecule has 0 saturated carbocycles. The van der Waals surface area contributed by atoms with E-state index in [-0.39, 0.29) is 11.8 Å². The molecule has 1 fully saturated rings. The van der Waals surface area contributed by atoms with Crippen molar-refractivity contribution in [2.75, 3.05) is 44.7 Å². The predicted octanol–water partition coefficient (Wildman–Crippen LogP) is 3.00. The van der Waals surface area contributed by atoms with Gasteiger partial charge < -0.3 is 19.1 Å². The lowest BCUT2D eigenvalue weighted by atomic mass is 10.1. The SMILES string of the molecule is CCC(=O)N1CCc2cc(C(=O)N3CCN(Cc4nc(-c5ccc(OC)cc5)no4)CC3)ccc21. The first-order valence-corrected chi connectivity index (χ1v) is 12.0. The van der Waals surface area contributed by atoms with E-state index in [1.807, 2.05) is 59.2 Å². The van der Waals surface area contributed by atoms with Crippen molar-refractivity contribution in [2.24, 2.45) is 0 Å². The van der Waals surface area contributed by atoms with Crippen LogP contribution >= 0.6 is 0 Å². The summed E-state index contributed by atoms with van der Waals surface area (Å²) >= 11 is 0. The van der Waals surface area contributed by atoms with Gasteiger partial charge in [0, 0.05) is 56.0 Å². The number of nitrogens with zero attached hydrogens (tertiary/aromatic N) is 5. The average molecular weight is 476 g/mol. The Morgan fingerprint density at radius 3 is 2.51 bits per heavy atom. The van der Waals surface area contributed by atoms with Gasteiger partial charge in [-0.2, -0.15) is 4.98 Å². The summed E-state index contributed by atoms with van der Waals surface area (Å²) in [6.07, 6.45) is 1.27. The Bertz CT molecular complexity index is 1210. The van der Waals surface area contributed by atoms with E-state index in [0.29, 0.717) is 49.9 Å². The van der Waals surface area contributed by atoms with Crippen LogP contribution in [0.1, 0.15) is 35.2 Å². The zero-order valence-electron chi connectivity index (χ0n) is 20.1. The monoisotopic (exact) mass is 475 g/mol. The maximum Gasteiger partial charge on any atom is 0.253 e. The summed E-state index contributed by atoms with van der Waals surface area (Å²) in [6.45, 7) is 5.84. The zero-order valence-corrected chi connectivity index (χ0v) is 20.1. The molecule has 2 amide bonds. The van der Waals surface area contributed by atoms with Crippen molar-refractivity contribution in [3.63, 3.8) is 0 Å². The first-order chi connectivity index (χ1) is 17.1. The van der Waals surface area contributed by atoms with Crippen LogP contribution in [-0.4, -0.2) is 71.6 Å². The number of anilines is 1. The highest BCUT2D eigenvalue weighted by Gasteiger charge is 2.27. The number of amides is 2. The number of ether oxygens (including phenoxy) is 1. The topological polar surface area (TPSA) is 92.0 Å². The van der Waals surface area contributed by atoms with E-state index in [1.54, 1.807) is 7.11 Å². The van der Waals surface area contributed by atoms with E-state index in [1.165, 1.54) is 0 Å². The van der Waals surface area contributed by atoms with Gasteiger partial charge in [-0.25, -0.2) is 0 Å². The molecular weight excluding hydrogens is 446 g/mol. The standard InChI is InChI=1S/C26H29N5O4/c1-3-24(32)31-11-10-19-16-20(6-9-22(19)31)26(33)30-14-12-29(13-15-30)17-23-27-25(28-35-23)18-4-7-21(34-2)8-5-18/h4-9,16H,3,10-15,17H2,1-2H3. The molecule has 5 rings (SSSR count). The number of piperazine rings is 1. The van der Waals surface area contributed by atoms with Crippen LogP contribution in [0.5, 0.6) is 5.75 Å². The minimum absolute atomic E-state index is 0.0345. The van der Waals surface area contributed by atoms with E-state index < -0.39 is 0 Å². The third kappa shape index (κ3) is 4.77. The van der Waals surface area contributed by atoms with Crippen LogP contribution in [0.25, 0.3) is 11.4 Å². The third-order valence-electron chi connectivity index (χ3n) is 6.66. The van der Waals surface area contributed by atoms with Gasteiger partial charge in [-0.05, 0) is 54.4 Å². The number of aromatic nitrogens is 2. The van der Waals surface area contributed by atoms with Crippen LogP contribution in [0.15, 0.2) is 47.0 Å². The minimum atomic E-state index is 0.0345. The molecule has 182 valence electrons. The normalized spacial score (nSPS) is 15.8. The van der Waals surface area contributed by atoms with E-state index in [0.717, 1.165) is 42.1 Å². The fourth-order valence-electron chi connectivity index (χ4n) is 4.64. The molecular formula is C26H29N5O4. The second kappa shape index (κ2) is 9.87.